The first-order valence-electron chi connectivity index (χ1n) is 4.42. The molecule has 2 nitrogen and oxygen atoms in total. The van der Waals surface area contributed by atoms with Gasteiger partial charge in [0, 0.05) is 5.69 Å². The molecule has 0 aromatic carbocycles. The van der Waals surface area contributed by atoms with E-state index in [2.05, 4.69) is 0 Å². The number of carbonyl (C=O) groups excluding carboxylic acids is 1. The molecule has 0 atom stereocenters. The standard InChI is InChI=1S/C9H6F7NO/c1-4-2-5(6(3-18)17-4)7(10,11)8(12,13)9(14,15)16/h2-3,17H,1H3. The van der Waals surface area contributed by atoms with Gasteiger partial charge in [-0.15, -0.1) is 0 Å². The summed E-state index contributed by atoms with van der Waals surface area (Å²) in [5.41, 5.74) is -2.83. The summed E-state index contributed by atoms with van der Waals surface area (Å²) in [5.74, 6) is -11.8. The largest absolute Gasteiger partial charge is 0.460 e. The fourth-order valence-corrected chi connectivity index (χ4v) is 1.31. The molecule has 0 radical (unpaired) electrons. The number of H-pyrrole nitrogens is 1. The number of aryl methyl sites for hydroxylation is 1. The van der Waals surface area contributed by atoms with Crippen LogP contribution in [0.2, 0.25) is 0 Å². The minimum atomic E-state index is -6.43. The maximum Gasteiger partial charge on any atom is 0.460 e. The van der Waals surface area contributed by atoms with Gasteiger partial charge in [-0.2, -0.15) is 30.7 Å². The van der Waals surface area contributed by atoms with Crippen LogP contribution in [-0.4, -0.2) is 23.4 Å². The molecule has 102 valence electrons. The summed E-state index contributed by atoms with van der Waals surface area (Å²) < 4.78 is 87.7. The molecule has 1 rings (SSSR count). The molecule has 0 amide bonds. The molecule has 1 heterocycles. The monoisotopic (exact) mass is 277 g/mol. The Labute approximate surface area is 95.8 Å². The quantitative estimate of drug-likeness (QED) is 0.666. The Morgan fingerprint density at radius 1 is 1.11 bits per heavy atom. The van der Waals surface area contributed by atoms with Gasteiger partial charge in [0.15, 0.2) is 6.29 Å². The number of halogens is 7. The van der Waals surface area contributed by atoms with E-state index in [1.165, 1.54) is 0 Å². The second-order valence-corrected chi connectivity index (χ2v) is 3.54. The molecule has 1 aromatic rings. The average molecular weight is 277 g/mol. The van der Waals surface area contributed by atoms with Crippen LogP contribution in [0.1, 0.15) is 21.7 Å². The number of aromatic nitrogens is 1. The Kier molecular flexibility index (Phi) is 3.22. The van der Waals surface area contributed by atoms with Crippen molar-refractivity contribution < 1.29 is 35.5 Å². The van der Waals surface area contributed by atoms with Crippen molar-refractivity contribution in [1.82, 2.24) is 4.98 Å². The predicted molar refractivity (Wildman–Crippen MR) is 45.8 cm³/mol. The molecule has 0 aliphatic carbocycles. The smallest absolute Gasteiger partial charge is 0.356 e. The van der Waals surface area contributed by atoms with Crippen LogP contribution in [-0.2, 0) is 5.92 Å². The zero-order chi connectivity index (χ0) is 14.4. The molecule has 18 heavy (non-hydrogen) atoms. The highest BCUT2D eigenvalue weighted by atomic mass is 19.4. The molecule has 0 fully saturated rings. The van der Waals surface area contributed by atoms with Crippen molar-refractivity contribution in [3.8, 4) is 0 Å². The van der Waals surface area contributed by atoms with E-state index < -0.39 is 29.3 Å². The third kappa shape index (κ3) is 1.97. The van der Waals surface area contributed by atoms with Crippen molar-refractivity contribution >= 4 is 6.29 Å². The number of rotatable bonds is 3. The van der Waals surface area contributed by atoms with E-state index in [1.807, 2.05) is 4.98 Å². The van der Waals surface area contributed by atoms with Crippen LogP contribution in [0.5, 0.6) is 0 Å². The molecule has 0 aliphatic rings. The van der Waals surface area contributed by atoms with Crippen molar-refractivity contribution in [2.45, 2.75) is 24.9 Å². The summed E-state index contributed by atoms with van der Waals surface area (Å²) in [6.45, 7) is 1.14. The van der Waals surface area contributed by atoms with E-state index >= 15 is 0 Å². The lowest BCUT2D eigenvalue weighted by Crippen LogP contribution is -2.50. The van der Waals surface area contributed by atoms with Crippen molar-refractivity contribution in [1.29, 1.82) is 0 Å². The lowest BCUT2D eigenvalue weighted by molar-refractivity contribution is -0.359. The number of hydrogen-bond acceptors (Lipinski definition) is 1. The highest BCUT2D eigenvalue weighted by Gasteiger charge is 2.74. The average Bonchev–Trinajstić information content (AvgIpc) is 2.58. The molecule has 0 unspecified atom stereocenters. The maximum absolute atomic E-state index is 13.2. The van der Waals surface area contributed by atoms with E-state index in [0.717, 1.165) is 6.92 Å². The first-order chi connectivity index (χ1) is 7.95. The van der Waals surface area contributed by atoms with Crippen LogP contribution in [0.3, 0.4) is 0 Å². The second kappa shape index (κ2) is 3.99. The number of aromatic amines is 1. The van der Waals surface area contributed by atoms with Gasteiger partial charge in [-0.25, -0.2) is 0 Å². The van der Waals surface area contributed by atoms with Crippen LogP contribution < -0.4 is 0 Å². The van der Waals surface area contributed by atoms with E-state index in [0.29, 0.717) is 6.07 Å². The lowest BCUT2D eigenvalue weighted by Gasteiger charge is -2.27. The Hall–Kier alpha value is -1.54. The van der Waals surface area contributed by atoms with Crippen LogP contribution in [0.25, 0.3) is 0 Å². The van der Waals surface area contributed by atoms with Gasteiger partial charge in [-0.05, 0) is 13.0 Å². The predicted octanol–water partition coefficient (Wildman–Crippen LogP) is 3.43. The van der Waals surface area contributed by atoms with E-state index in [1.54, 1.807) is 0 Å². The molecule has 0 aliphatic heterocycles. The van der Waals surface area contributed by atoms with Gasteiger partial charge < -0.3 is 4.98 Å². The first-order valence-corrected chi connectivity index (χ1v) is 4.42. The SMILES string of the molecule is Cc1cc(C(F)(F)C(F)(F)C(F)(F)F)c(C=O)[nH]1. The Balaban J connectivity index is 3.41. The van der Waals surface area contributed by atoms with Crippen molar-refractivity contribution in [2.24, 2.45) is 0 Å². The fourth-order valence-electron chi connectivity index (χ4n) is 1.31. The number of alkyl halides is 7. The van der Waals surface area contributed by atoms with Gasteiger partial charge in [0.1, 0.15) is 0 Å². The number of carbonyl (C=O) groups is 1. The highest BCUT2D eigenvalue weighted by molar-refractivity contribution is 5.75. The normalized spacial score (nSPS) is 13.8. The summed E-state index contributed by atoms with van der Waals surface area (Å²) in [6, 6.07) is 0.378. The van der Waals surface area contributed by atoms with Crippen molar-refractivity contribution in [2.75, 3.05) is 0 Å². The summed E-state index contributed by atoms with van der Waals surface area (Å²) in [4.78, 5) is 12.3. The Morgan fingerprint density at radius 2 is 1.61 bits per heavy atom. The van der Waals surface area contributed by atoms with E-state index in [4.69, 9.17) is 0 Å². The minimum absolute atomic E-state index is 0.134. The van der Waals surface area contributed by atoms with Gasteiger partial charge in [0.2, 0.25) is 0 Å². The van der Waals surface area contributed by atoms with Gasteiger partial charge in [-0.3, -0.25) is 4.79 Å². The Bertz CT molecular complexity index is 460. The second-order valence-electron chi connectivity index (χ2n) is 3.54. The molecular weight excluding hydrogens is 271 g/mol. The molecule has 0 spiro atoms. The Morgan fingerprint density at radius 3 is 2.00 bits per heavy atom. The molecule has 1 aromatic heterocycles. The maximum atomic E-state index is 13.2. The van der Waals surface area contributed by atoms with Gasteiger partial charge in [-0.1, -0.05) is 0 Å². The molecule has 0 bridgehead atoms. The summed E-state index contributed by atoms with van der Waals surface area (Å²) in [6.07, 6.45) is -6.68. The number of nitrogens with one attached hydrogen (secondary N) is 1. The van der Waals surface area contributed by atoms with Gasteiger partial charge in [0.05, 0.1) is 11.3 Å². The first kappa shape index (κ1) is 14.5. The fraction of sp³-hybridized carbons (Fsp3) is 0.444. The molecule has 0 saturated carbocycles. The minimum Gasteiger partial charge on any atom is -0.356 e. The van der Waals surface area contributed by atoms with Crippen LogP contribution in [0.15, 0.2) is 6.07 Å². The zero-order valence-corrected chi connectivity index (χ0v) is 8.71. The summed E-state index contributed by atoms with van der Waals surface area (Å²) >= 11 is 0. The molecule has 9 heteroatoms. The third-order valence-corrected chi connectivity index (χ3v) is 2.19. The lowest BCUT2D eigenvalue weighted by atomic mass is 10.0. The van der Waals surface area contributed by atoms with E-state index in [9.17, 15) is 35.5 Å². The molecule has 1 N–H and O–H groups in total. The third-order valence-electron chi connectivity index (χ3n) is 2.19. The number of hydrogen-bond donors (Lipinski definition) is 1. The van der Waals surface area contributed by atoms with Crippen LogP contribution in [0, 0.1) is 6.92 Å². The highest BCUT2D eigenvalue weighted by Crippen LogP contribution is 2.52. The van der Waals surface area contributed by atoms with Crippen molar-refractivity contribution in [3.05, 3.63) is 23.0 Å². The molecule has 0 saturated heterocycles. The number of aldehydes is 1. The summed E-state index contributed by atoms with van der Waals surface area (Å²) in [7, 11) is 0. The van der Waals surface area contributed by atoms with E-state index in [-0.39, 0.29) is 12.0 Å². The van der Waals surface area contributed by atoms with Crippen LogP contribution >= 0.6 is 0 Å². The van der Waals surface area contributed by atoms with Crippen molar-refractivity contribution in [3.63, 3.8) is 0 Å². The van der Waals surface area contributed by atoms with Gasteiger partial charge in [0.25, 0.3) is 0 Å². The summed E-state index contributed by atoms with van der Waals surface area (Å²) in [5, 5.41) is 0. The van der Waals surface area contributed by atoms with Crippen LogP contribution in [0.4, 0.5) is 30.7 Å². The van der Waals surface area contributed by atoms with Gasteiger partial charge >= 0.3 is 18.0 Å². The zero-order valence-electron chi connectivity index (χ0n) is 8.71. The topological polar surface area (TPSA) is 32.9 Å². The molecular formula is C9H6F7NO.